The molecule has 0 saturated heterocycles. The Morgan fingerprint density at radius 1 is 0.931 bits per heavy atom. The fraction of sp³-hybridized carbons (Fsp3) is 0.167. The molecule has 4 rings (SSSR count). The first-order valence-electron chi connectivity index (χ1n) is 9.69. The van der Waals surface area contributed by atoms with E-state index >= 15 is 0 Å². The fourth-order valence-corrected chi connectivity index (χ4v) is 3.95. The first-order valence-corrected chi connectivity index (χ1v) is 10.1. The molecule has 1 aliphatic heterocycles. The maximum absolute atomic E-state index is 12.9. The molecule has 3 aromatic carbocycles. The number of amides is 1. The molecule has 0 aliphatic carbocycles. The van der Waals surface area contributed by atoms with E-state index in [0.29, 0.717) is 28.4 Å². The number of carbonyl (C=O) groups excluding carboxylic acids is 2. The highest BCUT2D eigenvalue weighted by Gasteiger charge is 2.22. The third-order valence-corrected chi connectivity index (χ3v) is 5.49. The fourth-order valence-electron chi connectivity index (χ4n) is 3.77. The average molecular weight is 406 g/mol. The van der Waals surface area contributed by atoms with E-state index in [-0.39, 0.29) is 11.7 Å². The Balaban J connectivity index is 1.48. The zero-order valence-corrected chi connectivity index (χ0v) is 16.7. The highest BCUT2D eigenvalue weighted by Crippen LogP contribution is 2.23. The van der Waals surface area contributed by atoms with Crippen molar-refractivity contribution in [1.29, 1.82) is 0 Å². The largest absolute Gasteiger partial charge is 0.323 e. The third-order valence-electron chi connectivity index (χ3n) is 5.25. The van der Waals surface area contributed by atoms with Gasteiger partial charge in [-0.2, -0.15) is 0 Å². The van der Waals surface area contributed by atoms with Gasteiger partial charge in [-0.1, -0.05) is 66.2 Å². The first kappa shape index (κ1) is 19.4. The molecule has 0 spiro atoms. The van der Waals surface area contributed by atoms with Crippen LogP contribution in [-0.4, -0.2) is 24.8 Å². The van der Waals surface area contributed by atoms with Gasteiger partial charge >= 0.3 is 0 Å². The molecule has 29 heavy (non-hydrogen) atoms. The number of rotatable bonds is 5. The standard InChI is InChI=1S/C24H21ClN2O2/c25-20-10-11-22(21(14-20)24(29)18-7-2-1-3-8-18)26-23(28)16-27-13-12-17-6-4-5-9-19(17)15-27/h1-11,14H,12-13,15-16H2,(H,26,28)/p+1. The summed E-state index contributed by atoms with van der Waals surface area (Å²) < 4.78 is 0. The predicted molar refractivity (Wildman–Crippen MR) is 115 cm³/mol. The van der Waals surface area contributed by atoms with Crippen LogP contribution in [0.15, 0.2) is 72.8 Å². The minimum Gasteiger partial charge on any atom is -0.323 e. The van der Waals surface area contributed by atoms with Gasteiger partial charge in [0.25, 0.3) is 5.91 Å². The van der Waals surface area contributed by atoms with Crippen LogP contribution in [0.1, 0.15) is 27.0 Å². The molecule has 1 unspecified atom stereocenters. The maximum atomic E-state index is 12.9. The molecular weight excluding hydrogens is 384 g/mol. The van der Waals surface area contributed by atoms with Crippen molar-refractivity contribution in [2.24, 2.45) is 0 Å². The number of nitrogens with one attached hydrogen (secondary N) is 2. The lowest BCUT2D eigenvalue weighted by Gasteiger charge is -2.25. The number of hydrogen-bond acceptors (Lipinski definition) is 2. The molecule has 5 heteroatoms. The van der Waals surface area contributed by atoms with Gasteiger partial charge in [0.2, 0.25) is 0 Å². The lowest BCUT2D eigenvalue weighted by Crippen LogP contribution is -3.12. The van der Waals surface area contributed by atoms with Gasteiger partial charge in [-0.25, -0.2) is 0 Å². The van der Waals surface area contributed by atoms with Crippen molar-refractivity contribution in [1.82, 2.24) is 0 Å². The Kier molecular flexibility index (Phi) is 5.74. The van der Waals surface area contributed by atoms with Crippen molar-refractivity contribution >= 4 is 29.0 Å². The molecule has 0 saturated carbocycles. The second-order valence-electron chi connectivity index (χ2n) is 7.31. The molecule has 3 aromatic rings. The Hall–Kier alpha value is -2.95. The normalized spacial score (nSPS) is 15.4. The number of ketones is 1. The molecule has 0 bridgehead atoms. The Bertz CT molecular complexity index is 1050. The Morgan fingerprint density at radius 3 is 2.45 bits per heavy atom. The Morgan fingerprint density at radius 2 is 1.66 bits per heavy atom. The van der Waals surface area contributed by atoms with Crippen LogP contribution in [0, 0.1) is 0 Å². The van der Waals surface area contributed by atoms with Crippen molar-refractivity contribution in [3.63, 3.8) is 0 Å². The monoisotopic (exact) mass is 405 g/mol. The number of carbonyl (C=O) groups is 2. The minimum absolute atomic E-state index is 0.108. The summed E-state index contributed by atoms with van der Waals surface area (Å²) in [5, 5.41) is 3.38. The van der Waals surface area contributed by atoms with Crippen LogP contribution < -0.4 is 10.2 Å². The molecule has 2 N–H and O–H groups in total. The van der Waals surface area contributed by atoms with E-state index in [1.54, 1.807) is 30.3 Å². The number of anilines is 1. The van der Waals surface area contributed by atoms with E-state index in [1.165, 1.54) is 16.0 Å². The van der Waals surface area contributed by atoms with Gasteiger partial charge in [0, 0.05) is 28.1 Å². The number of fused-ring (bicyclic) bond motifs is 1. The van der Waals surface area contributed by atoms with Gasteiger partial charge in [0.15, 0.2) is 12.3 Å². The SMILES string of the molecule is O=C(C[NH+]1CCc2ccccc2C1)Nc1ccc(Cl)cc1C(=O)c1ccccc1. The van der Waals surface area contributed by atoms with Gasteiger partial charge in [-0.15, -0.1) is 0 Å². The van der Waals surface area contributed by atoms with Gasteiger partial charge in [0.1, 0.15) is 6.54 Å². The smallest absolute Gasteiger partial charge is 0.279 e. The first-order chi connectivity index (χ1) is 14.1. The van der Waals surface area contributed by atoms with Gasteiger partial charge in [-0.05, 0) is 23.8 Å². The summed E-state index contributed by atoms with van der Waals surface area (Å²) in [5.74, 6) is -0.272. The summed E-state index contributed by atoms with van der Waals surface area (Å²) in [6.07, 6.45) is 0.970. The topological polar surface area (TPSA) is 50.6 Å². The summed E-state index contributed by atoms with van der Waals surface area (Å²) in [6.45, 7) is 2.11. The van der Waals surface area contributed by atoms with Gasteiger partial charge in [-0.3, -0.25) is 9.59 Å². The quantitative estimate of drug-likeness (QED) is 0.641. The molecule has 0 radical (unpaired) electrons. The summed E-state index contributed by atoms with van der Waals surface area (Å²) in [7, 11) is 0. The van der Waals surface area contributed by atoms with E-state index in [9.17, 15) is 9.59 Å². The summed E-state index contributed by atoms with van der Waals surface area (Å²) in [5.41, 5.74) is 4.11. The van der Waals surface area contributed by atoms with Crippen LogP contribution in [0.3, 0.4) is 0 Å². The minimum atomic E-state index is -0.164. The summed E-state index contributed by atoms with van der Waals surface area (Å²) in [6, 6.07) is 22.4. The molecular formula is C24H22ClN2O2+. The van der Waals surface area contributed by atoms with Crippen LogP contribution in [0.5, 0.6) is 0 Å². The zero-order chi connectivity index (χ0) is 20.2. The predicted octanol–water partition coefficient (Wildman–Crippen LogP) is 3.15. The van der Waals surface area contributed by atoms with Crippen LogP contribution >= 0.6 is 11.6 Å². The van der Waals surface area contributed by atoms with E-state index in [2.05, 4.69) is 23.5 Å². The highest BCUT2D eigenvalue weighted by atomic mass is 35.5. The average Bonchev–Trinajstić information content (AvgIpc) is 2.75. The van der Waals surface area contributed by atoms with E-state index < -0.39 is 0 Å². The molecule has 1 amide bonds. The number of benzene rings is 3. The van der Waals surface area contributed by atoms with E-state index in [1.807, 2.05) is 24.3 Å². The highest BCUT2D eigenvalue weighted by molar-refractivity contribution is 6.31. The Labute approximate surface area is 175 Å². The van der Waals surface area contributed by atoms with Crippen LogP contribution in [0.2, 0.25) is 5.02 Å². The molecule has 1 aliphatic rings. The van der Waals surface area contributed by atoms with Crippen LogP contribution in [-0.2, 0) is 17.8 Å². The summed E-state index contributed by atoms with van der Waals surface area (Å²) >= 11 is 6.12. The third kappa shape index (κ3) is 4.56. The van der Waals surface area contributed by atoms with Crippen LogP contribution in [0.25, 0.3) is 0 Å². The van der Waals surface area contributed by atoms with E-state index in [4.69, 9.17) is 11.6 Å². The van der Waals surface area contributed by atoms with Gasteiger partial charge in [0.05, 0.1) is 12.2 Å². The molecule has 0 fully saturated rings. The van der Waals surface area contributed by atoms with Crippen molar-refractivity contribution in [3.8, 4) is 0 Å². The molecule has 1 heterocycles. The van der Waals surface area contributed by atoms with Crippen LogP contribution in [0.4, 0.5) is 5.69 Å². The molecule has 4 nitrogen and oxygen atoms in total. The molecule has 0 aromatic heterocycles. The lowest BCUT2D eigenvalue weighted by atomic mass is 10.00. The zero-order valence-electron chi connectivity index (χ0n) is 16.0. The number of halogens is 1. The molecule has 1 atom stereocenters. The summed E-state index contributed by atoms with van der Waals surface area (Å²) in [4.78, 5) is 26.8. The maximum Gasteiger partial charge on any atom is 0.279 e. The van der Waals surface area contributed by atoms with Gasteiger partial charge < -0.3 is 10.2 Å². The second kappa shape index (κ2) is 8.60. The number of quaternary nitrogens is 1. The van der Waals surface area contributed by atoms with E-state index in [0.717, 1.165) is 19.5 Å². The molecule has 146 valence electrons. The van der Waals surface area contributed by atoms with Crippen molar-refractivity contribution in [3.05, 3.63) is 100 Å². The lowest BCUT2D eigenvalue weighted by molar-refractivity contribution is -0.907. The van der Waals surface area contributed by atoms with Crippen molar-refractivity contribution in [2.75, 3.05) is 18.4 Å². The van der Waals surface area contributed by atoms with Crippen molar-refractivity contribution < 1.29 is 14.5 Å². The van der Waals surface area contributed by atoms with Crippen molar-refractivity contribution in [2.45, 2.75) is 13.0 Å². The second-order valence-corrected chi connectivity index (χ2v) is 7.74. The number of hydrogen-bond donors (Lipinski definition) is 2.